The molecule has 3 aliphatic carbocycles. The Morgan fingerprint density at radius 1 is 0.970 bits per heavy atom. The zero-order chi connectivity index (χ0) is 22.8. The number of ether oxygens (including phenoxy) is 1. The number of carbonyl (C=O) groups excluding carboxylic acids is 1. The molecule has 0 spiro atoms. The van der Waals surface area contributed by atoms with E-state index in [0.29, 0.717) is 15.6 Å². The van der Waals surface area contributed by atoms with Gasteiger partial charge >= 0.3 is 0 Å². The van der Waals surface area contributed by atoms with Crippen molar-refractivity contribution < 1.29 is 17.9 Å². The minimum atomic E-state index is -3.32. The second-order valence-corrected chi connectivity index (χ2v) is 12.8. The number of thiazole rings is 1. The summed E-state index contributed by atoms with van der Waals surface area (Å²) >= 11 is 1.56. The van der Waals surface area contributed by atoms with Crippen LogP contribution in [-0.4, -0.2) is 30.7 Å². The first-order valence-electron chi connectivity index (χ1n) is 12.3. The van der Waals surface area contributed by atoms with Gasteiger partial charge < -0.3 is 4.74 Å². The average Bonchev–Trinajstić information content (AvgIpc) is 3.59. The van der Waals surface area contributed by atoms with Crippen LogP contribution in [-0.2, 0) is 32.2 Å². The number of sulfone groups is 1. The summed E-state index contributed by atoms with van der Waals surface area (Å²) in [5, 5.41) is 3.33. The maximum Gasteiger partial charge on any atom is 0.259 e. The van der Waals surface area contributed by atoms with Gasteiger partial charge in [-0.05, 0) is 69.1 Å². The zero-order valence-corrected chi connectivity index (χ0v) is 20.6. The predicted molar refractivity (Wildman–Crippen MR) is 129 cm³/mol. The number of nitrogens with one attached hydrogen (secondary N) is 1. The maximum atomic E-state index is 13.3. The number of fused-ring (bicyclic) bond motifs is 1. The largest absolute Gasteiger partial charge is 0.360 e. The molecule has 5 rings (SSSR count). The normalized spacial score (nSPS) is 20.6. The van der Waals surface area contributed by atoms with Gasteiger partial charge in [0, 0.05) is 4.88 Å². The summed E-state index contributed by atoms with van der Waals surface area (Å²) in [7, 11) is -3.32. The van der Waals surface area contributed by atoms with Gasteiger partial charge in [0.1, 0.15) is 0 Å². The first-order valence-corrected chi connectivity index (χ1v) is 14.7. The molecule has 1 atom stereocenters. The summed E-state index contributed by atoms with van der Waals surface area (Å²) in [4.78, 5) is 19.6. The number of benzene rings is 1. The SMILES string of the molecule is O=C(Nc1nc2c(s1)CCCC2)C(OC1CCCC1)c1ccc(S(=O)(=O)C2CCCC2)cc1. The molecule has 33 heavy (non-hydrogen) atoms. The van der Waals surface area contributed by atoms with E-state index in [4.69, 9.17) is 4.74 Å². The van der Waals surface area contributed by atoms with Crippen LogP contribution in [0.5, 0.6) is 0 Å². The fraction of sp³-hybridized carbons (Fsp3) is 0.600. The third-order valence-corrected chi connectivity index (χ3v) is 10.5. The summed E-state index contributed by atoms with van der Waals surface area (Å²) in [6.45, 7) is 0. The highest BCUT2D eigenvalue weighted by Gasteiger charge is 2.32. The molecule has 178 valence electrons. The van der Waals surface area contributed by atoms with Crippen LogP contribution in [0.25, 0.3) is 0 Å². The van der Waals surface area contributed by atoms with Crippen LogP contribution >= 0.6 is 11.3 Å². The third-order valence-electron chi connectivity index (χ3n) is 7.20. The lowest BCUT2D eigenvalue weighted by molar-refractivity contribution is -0.131. The van der Waals surface area contributed by atoms with E-state index in [1.54, 1.807) is 35.6 Å². The van der Waals surface area contributed by atoms with Crippen molar-refractivity contribution in [1.29, 1.82) is 0 Å². The van der Waals surface area contributed by atoms with Gasteiger partial charge in [0.05, 0.1) is 21.9 Å². The van der Waals surface area contributed by atoms with Crippen LogP contribution in [0.3, 0.4) is 0 Å². The van der Waals surface area contributed by atoms with Crippen molar-refractivity contribution in [1.82, 2.24) is 4.98 Å². The van der Waals surface area contributed by atoms with E-state index in [1.165, 1.54) is 11.3 Å². The van der Waals surface area contributed by atoms with E-state index < -0.39 is 15.9 Å². The van der Waals surface area contributed by atoms with E-state index in [9.17, 15) is 13.2 Å². The van der Waals surface area contributed by atoms with Crippen molar-refractivity contribution >= 4 is 32.2 Å². The van der Waals surface area contributed by atoms with Gasteiger partial charge in [0.15, 0.2) is 21.1 Å². The number of amides is 1. The number of rotatable bonds is 7. The summed E-state index contributed by atoms with van der Waals surface area (Å²) in [6.07, 6.45) is 11.1. The van der Waals surface area contributed by atoms with Crippen LogP contribution in [0.1, 0.15) is 86.4 Å². The summed E-state index contributed by atoms with van der Waals surface area (Å²) < 4.78 is 32.2. The number of hydrogen-bond acceptors (Lipinski definition) is 6. The van der Waals surface area contributed by atoms with Crippen molar-refractivity contribution in [3.05, 3.63) is 40.4 Å². The van der Waals surface area contributed by atoms with Gasteiger partial charge in [0.2, 0.25) is 0 Å². The fourth-order valence-electron chi connectivity index (χ4n) is 5.31. The molecular formula is C25H32N2O4S2. The second-order valence-electron chi connectivity index (χ2n) is 9.53. The predicted octanol–water partition coefficient (Wildman–Crippen LogP) is 5.38. The molecule has 6 nitrogen and oxygen atoms in total. The molecular weight excluding hydrogens is 456 g/mol. The van der Waals surface area contributed by atoms with Crippen molar-refractivity contribution in [2.75, 3.05) is 5.32 Å². The molecule has 8 heteroatoms. The Balaban J connectivity index is 1.36. The first-order chi connectivity index (χ1) is 16.0. The molecule has 1 aromatic heterocycles. The van der Waals surface area contributed by atoms with Crippen molar-refractivity contribution in [2.45, 2.75) is 99.4 Å². The molecule has 3 aliphatic rings. The van der Waals surface area contributed by atoms with Crippen molar-refractivity contribution in [3.8, 4) is 0 Å². The number of anilines is 1. The van der Waals surface area contributed by atoms with Crippen LogP contribution in [0.15, 0.2) is 29.2 Å². The standard InChI is InChI=1S/C25H32N2O4S2/c28-24(27-25-26-21-11-5-6-12-22(21)32-25)23(31-18-7-1-2-8-18)17-13-15-20(16-14-17)33(29,30)19-9-3-4-10-19/h13-16,18-19,23H,1-12H2,(H,26,27,28). The molecule has 2 fully saturated rings. The molecule has 1 heterocycles. The molecule has 1 aromatic carbocycles. The number of nitrogens with zero attached hydrogens (tertiary/aromatic N) is 1. The minimum Gasteiger partial charge on any atom is -0.360 e. The quantitative estimate of drug-likeness (QED) is 0.566. The van der Waals surface area contributed by atoms with E-state index in [0.717, 1.165) is 76.3 Å². The van der Waals surface area contributed by atoms with Crippen LogP contribution < -0.4 is 5.32 Å². The van der Waals surface area contributed by atoms with Gasteiger partial charge in [-0.3, -0.25) is 10.1 Å². The monoisotopic (exact) mass is 488 g/mol. The van der Waals surface area contributed by atoms with Crippen molar-refractivity contribution in [2.24, 2.45) is 0 Å². The molecule has 1 N–H and O–H groups in total. The highest BCUT2D eigenvalue weighted by molar-refractivity contribution is 7.92. The Morgan fingerprint density at radius 3 is 2.33 bits per heavy atom. The van der Waals surface area contributed by atoms with E-state index >= 15 is 0 Å². The molecule has 0 saturated heterocycles. The number of carbonyl (C=O) groups is 1. The Labute approximate surface area is 200 Å². The lowest BCUT2D eigenvalue weighted by Crippen LogP contribution is -2.27. The fourth-order valence-corrected chi connectivity index (χ4v) is 8.22. The summed E-state index contributed by atoms with van der Waals surface area (Å²) in [6, 6.07) is 6.77. The lowest BCUT2D eigenvalue weighted by atomic mass is 10.0. The van der Waals surface area contributed by atoms with Gasteiger partial charge in [-0.1, -0.05) is 37.8 Å². The van der Waals surface area contributed by atoms with Gasteiger partial charge in [-0.15, -0.1) is 11.3 Å². The Bertz CT molecular complexity index is 1060. The van der Waals surface area contributed by atoms with Gasteiger partial charge in [-0.2, -0.15) is 0 Å². The molecule has 1 amide bonds. The molecule has 1 unspecified atom stereocenters. The second kappa shape index (κ2) is 9.84. The first kappa shape index (κ1) is 23.0. The number of aryl methyl sites for hydroxylation is 2. The topological polar surface area (TPSA) is 85.4 Å². The van der Waals surface area contributed by atoms with Crippen LogP contribution in [0.2, 0.25) is 0 Å². The highest BCUT2D eigenvalue weighted by Crippen LogP contribution is 2.34. The molecule has 0 bridgehead atoms. The Morgan fingerprint density at radius 2 is 1.64 bits per heavy atom. The van der Waals surface area contributed by atoms with E-state index in [-0.39, 0.29) is 17.3 Å². The third kappa shape index (κ3) is 5.03. The van der Waals surface area contributed by atoms with E-state index in [1.807, 2.05) is 0 Å². The molecule has 0 radical (unpaired) electrons. The van der Waals surface area contributed by atoms with Gasteiger partial charge in [-0.25, -0.2) is 13.4 Å². The average molecular weight is 489 g/mol. The highest BCUT2D eigenvalue weighted by atomic mass is 32.2. The molecule has 2 saturated carbocycles. The maximum absolute atomic E-state index is 13.3. The lowest BCUT2D eigenvalue weighted by Gasteiger charge is -2.22. The number of hydrogen-bond donors (Lipinski definition) is 1. The number of aromatic nitrogens is 1. The zero-order valence-electron chi connectivity index (χ0n) is 18.9. The van der Waals surface area contributed by atoms with Crippen LogP contribution in [0.4, 0.5) is 5.13 Å². The Hall–Kier alpha value is -1.77. The van der Waals surface area contributed by atoms with Crippen molar-refractivity contribution in [3.63, 3.8) is 0 Å². The summed E-state index contributed by atoms with van der Waals surface area (Å²) in [5.74, 6) is -0.237. The molecule has 2 aromatic rings. The molecule has 0 aliphatic heterocycles. The summed E-state index contributed by atoms with van der Waals surface area (Å²) in [5.41, 5.74) is 1.79. The smallest absolute Gasteiger partial charge is 0.259 e. The Kier molecular flexibility index (Phi) is 6.86. The van der Waals surface area contributed by atoms with E-state index in [2.05, 4.69) is 10.3 Å². The minimum absolute atomic E-state index is 0.0483. The van der Waals surface area contributed by atoms with Gasteiger partial charge in [0.25, 0.3) is 5.91 Å². The van der Waals surface area contributed by atoms with Crippen LogP contribution in [0, 0.1) is 0 Å².